The van der Waals surface area contributed by atoms with E-state index < -0.39 is 0 Å². The number of aromatic nitrogens is 3. The predicted octanol–water partition coefficient (Wildman–Crippen LogP) is 3.12. The average Bonchev–Trinajstić information content (AvgIpc) is 3.23. The number of aryl methyl sites for hydroxylation is 1. The Labute approximate surface area is 143 Å². The van der Waals surface area contributed by atoms with Crippen LogP contribution in [0.4, 0.5) is 5.82 Å². The standard InChI is InChI=1S/C17H16N4O2S/c1-10-16-13(14-8-18-9-24-14)7-15(22)19-17(16)21(20-10)11-3-5-12(23-2)6-4-11/h3-6,8-9,13H,7H2,1-2H3,(H,19,22). The van der Waals surface area contributed by atoms with Gasteiger partial charge in [0.1, 0.15) is 11.6 Å². The summed E-state index contributed by atoms with van der Waals surface area (Å²) in [5, 5.41) is 7.64. The van der Waals surface area contributed by atoms with Crippen molar-refractivity contribution in [3.8, 4) is 11.4 Å². The molecule has 1 atom stereocenters. The maximum Gasteiger partial charge on any atom is 0.226 e. The second-order valence-corrected chi connectivity index (χ2v) is 6.58. The number of benzene rings is 1. The Kier molecular flexibility index (Phi) is 3.57. The number of rotatable bonds is 3. The minimum absolute atomic E-state index is 0.00411. The van der Waals surface area contributed by atoms with Crippen molar-refractivity contribution in [3.63, 3.8) is 0 Å². The van der Waals surface area contributed by atoms with Gasteiger partial charge in [0.25, 0.3) is 0 Å². The normalized spacial score (nSPS) is 16.6. The van der Waals surface area contributed by atoms with Gasteiger partial charge in [-0.05, 0) is 31.2 Å². The van der Waals surface area contributed by atoms with Gasteiger partial charge in [-0.1, -0.05) is 0 Å². The largest absolute Gasteiger partial charge is 0.497 e. The summed E-state index contributed by atoms with van der Waals surface area (Å²) in [4.78, 5) is 17.5. The maximum absolute atomic E-state index is 12.2. The summed E-state index contributed by atoms with van der Waals surface area (Å²) in [5.41, 5.74) is 4.66. The molecule has 6 nitrogen and oxygen atoms in total. The van der Waals surface area contributed by atoms with E-state index in [2.05, 4.69) is 15.4 Å². The molecule has 7 heteroatoms. The van der Waals surface area contributed by atoms with Gasteiger partial charge >= 0.3 is 0 Å². The first kappa shape index (κ1) is 14.9. The highest BCUT2D eigenvalue weighted by Gasteiger charge is 2.33. The molecule has 3 heterocycles. The van der Waals surface area contributed by atoms with Crippen molar-refractivity contribution in [1.82, 2.24) is 14.8 Å². The number of nitrogens with one attached hydrogen (secondary N) is 1. The number of carbonyl (C=O) groups excluding carboxylic acids is 1. The van der Waals surface area contributed by atoms with Gasteiger partial charge in [0, 0.05) is 29.0 Å². The lowest BCUT2D eigenvalue weighted by Gasteiger charge is -2.23. The van der Waals surface area contributed by atoms with Crippen LogP contribution in [0.5, 0.6) is 5.75 Å². The van der Waals surface area contributed by atoms with Gasteiger partial charge in [-0.15, -0.1) is 11.3 Å². The number of amides is 1. The van der Waals surface area contributed by atoms with Crippen molar-refractivity contribution < 1.29 is 9.53 Å². The molecule has 0 saturated carbocycles. The van der Waals surface area contributed by atoms with Gasteiger partial charge < -0.3 is 10.1 Å². The molecule has 1 aliphatic heterocycles. The fourth-order valence-electron chi connectivity index (χ4n) is 3.10. The van der Waals surface area contributed by atoms with E-state index in [0.29, 0.717) is 6.42 Å². The summed E-state index contributed by atoms with van der Waals surface area (Å²) in [5.74, 6) is 1.53. The van der Waals surface area contributed by atoms with Crippen molar-refractivity contribution >= 4 is 23.1 Å². The molecule has 0 radical (unpaired) electrons. The van der Waals surface area contributed by atoms with Gasteiger partial charge in [0.05, 0.1) is 24.0 Å². The molecule has 2 aromatic heterocycles. The molecule has 3 aromatic rings. The van der Waals surface area contributed by atoms with Crippen molar-refractivity contribution in [1.29, 1.82) is 0 Å². The molecule has 24 heavy (non-hydrogen) atoms. The highest BCUT2D eigenvalue weighted by molar-refractivity contribution is 7.09. The Bertz CT molecular complexity index is 884. The zero-order chi connectivity index (χ0) is 16.7. The summed E-state index contributed by atoms with van der Waals surface area (Å²) >= 11 is 1.57. The third-order valence-electron chi connectivity index (χ3n) is 4.21. The number of fused-ring (bicyclic) bond motifs is 1. The van der Waals surface area contributed by atoms with Crippen LogP contribution in [-0.4, -0.2) is 27.8 Å². The third kappa shape index (κ3) is 2.37. The zero-order valence-corrected chi connectivity index (χ0v) is 14.1. The zero-order valence-electron chi connectivity index (χ0n) is 13.3. The Balaban J connectivity index is 1.84. The van der Waals surface area contributed by atoms with Crippen LogP contribution in [0.25, 0.3) is 5.69 Å². The van der Waals surface area contributed by atoms with Crippen LogP contribution in [0.15, 0.2) is 36.0 Å². The van der Waals surface area contributed by atoms with Gasteiger partial charge in [-0.3, -0.25) is 9.78 Å². The van der Waals surface area contributed by atoms with Crippen molar-refractivity contribution in [2.24, 2.45) is 0 Å². The quantitative estimate of drug-likeness (QED) is 0.795. The lowest BCUT2D eigenvalue weighted by molar-refractivity contribution is -0.116. The smallest absolute Gasteiger partial charge is 0.226 e. The van der Waals surface area contributed by atoms with Gasteiger partial charge in [0.2, 0.25) is 5.91 Å². The molecule has 0 aliphatic carbocycles. The molecule has 122 valence electrons. The molecule has 1 amide bonds. The number of carbonyl (C=O) groups is 1. The van der Waals surface area contributed by atoms with E-state index in [0.717, 1.165) is 33.4 Å². The predicted molar refractivity (Wildman–Crippen MR) is 92.1 cm³/mol. The maximum atomic E-state index is 12.2. The average molecular weight is 340 g/mol. The van der Waals surface area contributed by atoms with E-state index in [4.69, 9.17) is 4.74 Å². The van der Waals surface area contributed by atoms with Crippen molar-refractivity contribution in [2.75, 3.05) is 12.4 Å². The van der Waals surface area contributed by atoms with Crippen molar-refractivity contribution in [2.45, 2.75) is 19.3 Å². The number of hydrogen-bond donors (Lipinski definition) is 1. The van der Waals surface area contributed by atoms with Crippen LogP contribution < -0.4 is 10.1 Å². The summed E-state index contributed by atoms with van der Waals surface area (Å²) in [6.07, 6.45) is 2.26. The fraction of sp³-hybridized carbons (Fsp3) is 0.235. The number of hydrogen-bond acceptors (Lipinski definition) is 5. The first-order valence-corrected chi connectivity index (χ1v) is 8.47. The van der Waals surface area contributed by atoms with Crippen LogP contribution in [0.2, 0.25) is 0 Å². The number of nitrogens with zero attached hydrogens (tertiary/aromatic N) is 3. The minimum atomic E-state index is -0.00411. The monoisotopic (exact) mass is 340 g/mol. The van der Waals surface area contributed by atoms with Gasteiger partial charge in [-0.25, -0.2) is 4.68 Å². The molecular weight excluding hydrogens is 324 g/mol. The van der Waals surface area contributed by atoms with E-state index in [1.165, 1.54) is 0 Å². The third-order valence-corrected chi connectivity index (χ3v) is 5.10. The molecule has 1 N–H and O–H groups in total. The van der Waals surface area contributed by atoms with Crippen LogP contribution in [0, 0.1) is 6.92 Å². The molecule has 1 aliphatic rings. The van der Waals surface area contributed by atoms with Crippen LogP contribution in [0.1, 0.15) is 28.5 Å². The van der Waals surface area contributed by atoms with E-state index in [1.807, 2.05) is 37.4 Å². The van der Waals surface area contributed by atoms with Crippen LogP contribution in [-0.2, 0) is 4.79 Å². The molecule has 0 saturated heterocycles. The Morgan fingerprint density at radius 2 is 2.12 bits per heavy atom. The topological polar surface area (TPSA) is 69.0 Å². The highest BCUT2D eigenvalue weighted by Crippen LogP contribution is 2.41. The lowest BCUT2D eigenvalue weighted by atomic mass is 9.91. The number of ether oxygens (including phenoxy) is 1. The Hall–Kier alpha value is -2.67. The van der Waals surface area contributed by atoms with Gasteiger partial charge in [-0.2, -0.15) is 5.10 Å². The molecular formula is C17H16N4O2S. The summed E-state index contributed by atoms with van der Waals surface area (Å²) < 4.78 is 6.99. The van der Waals surface area contributed by atoms with E-state index in [-0.39, 0.29) is 11.8 Å². The molecule has 0 spiro atoms. The number of thiazole rings is 1. The molecule has 1 aromatic carbocycles. The molecule has 0 bridgehead atoms. The SMILES string of the molecule is COc1ccc(-n2nc(C)c3c2NC(=O)CC3c2cncs2)cc1. The minimum Gasteiger partial charge on any atom is -0.497 e. The fourth-order valence-corrected chi connectivity index (χ4v) is 3.83. The molecule has 1 unspecified atom stereocenters. The second kappa shape index (κ2) is 5.76. The van der Waals surface area contributed by atoms with E-state index in [1.54, 1.807) is 28.6 Å². The number of methoxy groups -OCH3 is 1. The molecule has 0 fully saturated rings. The second-order valence-electron chi connectivity index (χ2n) is 5.67. The molecule has 4 rings (SSSR count). The lowest BCUT2D eigenvalue weighted by Crippen LogP contribution is -2.24. The van der Waals surface area contributed by atoms with E-state index >= 15 is 0 Å². The Morgan fingerprint density at radius 1 is 1.33 bits per heavy atom. The van der Waals surface area contributed by atoms with Crippen molar-refractivity contribution in [3.05, 3.63) is 52.1 Å². The first-order valence-electron chi connectivity index (χ1n) is 7.59. The highest BCUT2D eigenvalue weighted by atomic mass is 32.1. The van der Waals surface area contributed by atoms with Crippen LogP contribution >= 0.6 is 11.3 Å². The summed E-state index contributed by atoms with van der Waals surface area (Å²) in [7, 11) is 1.63. The summed E-state index contributed by atoms with van der Waals surface area (Å²) in [6, 6.07) is 7.61. The Morgan fingerprint density at radius 3 is 2.79 bits per heavy atom. The first-order chi connectivity index (χ1) is 11.7. The summed E-state index contributed by atoms with van der Waals surface area (Å²) in [6.45, 7) is 1.98. The number of anilines is 1. The van der Waals surface area contributed by atoms with E-state index in [9.17, 15) is 4.79 Å². The van der Waals surface area contributed by atoms with Gasteiger partial charge in [0.15, 0.2) is 0 Å². The van der Waals surface area contributed by atoms with Crippen LogP contribution in [0.3, 0.4) is 0 Å².